The first-order chi connectivity index (χ1) is 8.91. The highest BCUT2D eigenvalue weighted by Crippen LogP contribution is 2.20. The molecule has 0 saturated carbocycles. The van der Waals surface area contributed by atoms with Gasteiger partial charge in [-0.25, -0.2) is 0 Å². The number of rotatable bonds is 12. The number of ether oxygens (including phenoxy) is 3. The molecule has 0 N–H and O–H groups in total. The molecule has 0 heterocycles. The lowest BCUT2D eigenvalue weighted by molar-refractivity contribution is -0.235. The SMILES string of the molecule is CCOCCCCOCCOC(F)(F)C(=O)C(C)C. The summed E-state index contributed by atoms with van der Waals surface area (Å²) in [5.41, 5.74) is 0. The molecule has 0 rings (SSSR count). The van der Waals surface area contributed by atoms with Crippen LogP contribution < -0.4 is 0 Å². The number of ketones is 1. The molecule has 0 aliphatic heterocycles. The fraction of sp³-hybridized carbons (Fsp3) is 0.923. The zero-order valence-electron chi connectivity index (χ0n) is 11.9. The molecule has 0 unspecified atom stereocenters. The second-order valence-corrected chi connectivity index (χ2v) is 4.40. The van der Waals surface area contributed by atoms with Crippen molar-refractivity contribution in [1.29, 1.82) is 0 Å². The van der Waals surface area contributed by atoms with Crippen molar-refractivity contribution >= 4 is 5.78 Å². The zero-order chi connectivity index (χ0) is 14.7. The molecule has 4 nitrogen and oxygen atoms in total. The fourth-order valence-electron chi connectivity index (χ4n) is 1.29. The average Bonchev–Trinajstić information content (AvgIpc) is 2.35. The first-order valence-corrected chi connectivity index (χ1v) is 6.63. The Labute approximate surface area is 113 Å². The second-order valence-electron chi connectivity index (χ2n) is 4.40. The summed E-state index contributed by atoms with van der Waals surface area (Å²) in [5, 5.41) is 0. The largest absolute Gasteiger partial charge is 0.416 e. The summed E-state index contributed by atoms with van der Waals surface area (Å²) in [6.07, 6.45) is -2.04. The van der Waals surface area contributed by atoms with Crippen molar-refractivity contribution in [1.82, 2.24) is 0 Å². The van der Waals surface area contributed by atoms with E-state index in [1.165, 1.54) is 13.8 Å². The van der Waals surface area contributed by atoms with Gasteiger partial charge in [0.25, 0.3) is 0 Å². The van der Waals surface area contributed by atoms with E-state index in [0.29, 0.717) is 19.8 Å². The second kappa shape index (κ2) is 10.2. The number of carbonyl (C=O) groups excluding carboxylic acids is 1. The van der Waals surface area contributed by atoms with Crippen molar-refractivity contribution in [3.8, 4) is 0 Å². The maximum atomic E-state index is 13.1. The summed E-state index contributed by atoms with van der Waals surface area (Å²) in [7, 11) is 0. The average molecular weight is 282 g/mol. The summed E-state index contributed by atoms with van der Waals surface area (Å²) in [6, 6.07) is 0. The molecule has 0 spiro atoms. The van der Waals surface area contributed by atoms with Gasteiger partial charge in [-0.1, -0.05) is 13.8 Å². The third-order valence-electron chi connectivity index (χ3n) is 2.35. The van der Waals surface area contributed by atoms with E-state index in [1.54, 1.807) is 0 Å². The van der Waals surface area contributed by atoms with Crippen LogP contribution in [0.15, 0.2) is 0 Å². The maximum absolute atomic E-state index is 13.1. The van der Waals surface area contributed by atoms with E-state index in [1.807, 2.05) is 6.92 Å². The topological polar surface area (TPSA) is 44.8 Å². The Kier molecular flexibility index (Phi) is 9.91. The molecule has 0 amide bonds. The Bertz CT molecular complexity index is 245. The smallest absolute Gasteiger partial charge is 0.382 e. The van der Waals surface area contributed by atoms with Gasteiger partial charge in [-0.15, -0.1) is 0 Å². The van der Waals surface area contributed by atoms with E-state index in [2.05, 4.69) is 4.74 Å². The van der Waals surface area contributed by atoms with Crippen LogP contribution in [0.25, 0.3) is 0 Å². The van der Waals surface area contributed by atoms with E-state index < -0.39 is 17.8 Å². The van der Waals surface area contributed by atoms with Crippen molar-refractivity contribution in [2.45, 2.75) is 39.7 Å². The first-order valence-electron chi connectivity index (χ1n) is 6.63. The monoisotopic (exact) mass is 282 g/mol. The minimum atomic E-state index is -3.72. The van der Waals surface area contributed by atoms with Gasteiger partial charge in [-0.2, -0.15) is 8.78 Å². The van der Waals surface area contributed by atoms with E-state index in [-0.39, 0.29) is 13.2 Å². The number of unbranched alkanes of at least 4 members (excludes halogenated alkanes) is 1. The summed E-state index contributed by atoms with van der Waals surface area (Å²) >= 11 is 0. The summed E-state index contributed by atoms with van der Waals surface area (Å²) in [4.78, 5) is 11.1. The van der Waals surface area contributed by atoms with Gasteiger partial charge in [0.1, 0.15) is 0 Å². The van der Waals surface area contributed by atoms with Crippen molar-refractivity contribution in [2.75, 3.05) is 33.0 Å². The Morgan fingerprint density at radius 1 is 1.05 bits per heavy atom. The Morgan fingerprint density at radius 2 is 1.63 bits per heavy atom. The van der Waals surface area contributed by atoms with Gasteiger partial charge in [0.2, 0.25) is 5.78 Å². The minimum absolute atomic E-state index is 0.0512. The van der Waals surface area contributed by atoms with E-state index >= 15 is 0 Å². The first kappa shape index (κ1) is 18.4. The Morgan fingerprint density at radius 3 is 2.16 bits per heavy atom. The Balaban J connectivity index is 3.51. The fourth-order valence-corrected chi connectivity index (χ4v) is 1.29. The Hall–Kier alpha value is -0.590. The molecule has 0 bridgehead atoms. The highest BCUT2D eigenvalue weighted by molar-refractivity contribution is 5.85. The highest BCUT2D eigenvalue weighted by Gasteiger charge is 2.41. The quantitative estimate of drug-likeness (QED) is 0.516. The molecule has 0 aromatic heterocycles. The third kappa shape index (κ3) is 9.02. The number of hydrogen-bond acceptors (Lipinski definition) is 4. The molecule has 0 aromatic rings. The van der Waals surface area contributed by atoms with Crippen molar-refractivity contribution in [3.05, 3.63) is 0 Å². The van der Waals surface area contributed by atoms with Crippen LogP contribution in [0.3, 0.4) is 0 Å². The molecule has 0 fully saturated rings. The molecule has 19 heavy (non-hydrogen) atoms. The van der Waals surface area contributed by atoms with Crippen LogP contribution >= 0.6 is 0 Å². The normalized spacial score (nSPS) is 12.1. The molecule has 0 atom stereocenters. The van der Waals surface area contributed by atoms with E-state index in [0.717, 1.165) is 12.8 Å². The van der Waals surface area contributed by atoms with Gasteiger partial charge < -0.3 is 14.2 Å². The van der Waals surface area contributed by atoms with Crippen molar-refractivity contribution in [2.24, 2.45) is 5.92 Å². The minimum Gasteiger partial charge on any atom is -0.382 e. The molecular weight excluding hydrogens is 258 g/mol. The van der Waals surface area contributed by atoms with Crippen molar-refractivity contribution < 1.29 is 27.8 Å². The lowest BCUT2D eigenvalue weighted by Gasteiger charge is -2.17. The predicted molar refractivity (Wildman–Crippen MR) is 67.3 cm³/mol. The maximum Gasteiger partial charge on any atom is 0.416 e. The van der Waals surface area contributed by atoms with Crippen LogP contribution in [0.5, 0.6) is 0 Å². The van der Waals surface area contributed by atoms with Crippen molar-refractivity contribution in [3.63, 3.8) is 0 Å². The highest BCUT2D eigenvalue weighted by atomic mass is 19.3. The number of Topliss-reactive ketones (excluding diaryl/α,β-unsaturated/α-hetero) is 1. The molecule has 0 aliphatic rings. The predicted octanol–water partition coefficient (Wildman–Crippen LogP) is 2.65. The van der Waals surface area contributed by atoms with Gasteiger partial charge in [0, 0.05) is 25.7 Å². The molecule has 0 aliphatic carbocycles. The van der Waals surface area contributed by atoms with E-state index in [9.17, 15) is 13.6 Å². The van der Waals surface area contributed by atoms with Gasteiger partial charge in [0.05, 0.1) is 13.2 Å². The van der Waals surface area contributed by atoms with Crippen LogP contribution in [0.1, 0.15) is 33.6 Å². The van der Waals surface area contributed by atoms with Gasteiger partial charge in [-0.05, 0) is 19.8 Å². The van der Waals surface area contributed by atoms with Crippen LogP contribution in [0.2, 0.25) is 0 Å². The molecule has 6 heteroatoms. The van der Waals surface area contributed by atoms with Gasteiger partial charge in [-0.3, -0.25) is 4.79 Å². The molecule has 0 saturated heterocycles. The molecular formula is C13H24F2O4. The lowest BCUT2D eigenvalue weighted by Crippen LogP contribution is -2.36. The van der Waals surface area contributed by atoms with Crippen LogP contribution in [0.4, 0.5) is 8.78 Å². The van der Waals surface area contributed by atoms with Gasteiger partial charge >= 0.3 is 6.11 Å². The lowest BCUT2D eigenvalue weighted by atomic mass is 10.1. The number of alkyl halides is 2. The molecule has 0 radical (unpaired) electrons. The number of halogens is 2. The van der Waals surface area contributed by atoms with E-state index in [4.69, 9.17) is 9.47 Å². The summed E-state index contributed by atoms with van der Waals surface area (Å²) in [5.74, 6) is -1.96. The molecule has 114 valence electrons. The number of hydrogen-bond donors (Lipinski definition) is 0. The third-order valence-corrected chi connectivity index (χ3v) is 2.35. The number of carbonyl (C=O) groups is 1. The van der Waals surface area contributed by atoms with Gasteiger partial charge in [0.15, 0.2) is 0 Å². The summed E-state index contributed by atoms with van der Waals surface area (Å²) in [6.45, 7) is 6.34. The van der Waals surface area contributed by atoms with Crippen LogP contribution in [-0.2, 0) is 19.0 Å². The zero-order valence-corrected chi connectivity index (χ0v) is 11.9. The molecule has 0 aromatic carbocycles. The standard InChI is InChI=1S/C13H24F2O4/c1-4-17-7-5-6-8-18-9-10-19-13(14,15)12(16)11(2)3/h11H,4-10H2,1-3H3. The van der Waals surface area contributed by atoms with Crippen LogP contribution in [0, 0.1) is 5.92 Å². The van der Waals surface area contributed by atoms with Crippen LogP contribution in [-0.4, -0.2) is 44.9 Å². The summed E-state index contributed by atoms with van der Waals surface area (Å²) < 4.78 is 40.8.